The Bertz CT molecular complexity index is 1030. The van der Waals surface area contributed by atoms with Gasteiger partial charge in [0.2, 0.25) is 0 Å². The molecule has 0 amide bonds. The topological polar surface area (TPSA) is 45.6 Å². The van der Waals surface area contributed by atoms with Crippen molar-refractivity contribution in [1.29, 1.82) is 0 Å². The lowest BCUT2D eigenvalue weighted by atomic mass is 9.63. The molecule has 2 bridgehead atoms. The summed E-state index contributed by atoms with van der Waals surface area (Å²) < 4.78 is 19.5. The summed E-state index contributed by atoms with van der Waals surface area (Å²) in [6, 6.07) is 18.7. The number of aromatic nitrogens is 1. The molecule has 3 aromatic rings. The van der Waals surface area contributed by atoms with Gasteiger partial charge >= 0.3 is 0 Å². The number of ether oxygens (including phenoxy) is 1. The lowest BCUT2D eigenvalue weighted by molar-refractivity contribution is -0.148. The first-order valence-electron chi connectivity index (χ1n) is 11.4. The van der Waals surface area contributed by atoms with Gasteiger partial charge in [-0.3, -0.25) is 9.88 Å². The molecule has 5 rings (SSSR count). The highest BCUT2D eigenvalue weighted by Crippen LogP contribution is 2.49. The van der Waals surface area contributed by atoms with E-state index in [1.165, 1.54) is 18.1 Å². The molecular formula is C27H29FN2O2. The first-order valence-corrected chi connectivity index (χ1v) is 11.4. The van der Waals surface area contributed by atoms with Gasteiger partial charge in [-0.1, -0.05) is 42.8 Å². The van der Waals surface area contributed by atoms with Crippen LogP contribution >= 0.6 is 0 Å². The van der Waals surface area contributed by atoms with Crippen LogP contribution in [0, 0.1) is 17.7 Å². The van der Waals surface area contributed by atoms with Gasteiger partial charge in [-0.15, -0.1) is 0 Å². The van der Waals surface area contributed by atoms with Crippen LogP contribution in [0.2, 0.25) is 0 Å². The van der Waals surface area contributed by atoms with Gasteiger partial charge in [0, 0.05) is 55.0 Å². The minimum atomic E-state index is -0.770. The molecule has 0 spiro atoms. The Kier molecular flexibility index (Phi) is 5.94. The van der Waals surface area contributed by atoms with E-state index in [1.54, 1.807) is 18.3 Å². The van der Waals surface area contributed by atoms with E-state index >= 15 is 0 Å². The molecule has 1 N–H and O–H groups in total. The quantitative estimate of drug-likeness (QED) is 0.601. The van der Waals surface area contributed by atoms with Crippen LogP contribution in [0.3, 0.4) is 0 Å². The van der Waals surface area contributed by atoms with Crippen LogP contribution in [0.25, 0.3) is 0 Å². The van der Waals surface area contributed by atoms with Crippen molar-refractivity contribution in [2.45, 2.75) is 38.0 Å². The second kappa shape index (κ2) is 9.00. The Labute approximate surface area is 188 Å². The third-order valence-corrected chi connectivity index (χ3v) is 7.11. The average Bonchev–Trinajstić information content (AvgIpc) is 2.81. The van der Waals surface area contributed by atoms with Gasteiger partial charge < -0.3 is 9.84 Å². The van der Waals surface area contributed by atoms with E-state index in [0.29, 0.717) is 5.56 Å². The predicted octanol–water partition coefficient (Wildman–Crippen LogP) is 4.92. The van der Waals surface area contributed by atoms with Crippen LogP contribution in [-0.4, -0.2) is 28.1 Å². The molecule has 166 valence electrons. The molecule has 2 heterocycles. The summed E-state index contributed by atoms with van der Waals surface area (Å²) in [7, 11) is 0. The molecule has 0 radical (unpaired) electrons. The highest BCUT2D eigenvalue weighted by atomic mass is 19.1. The number of benzene rings is 2. The SMILES string of the molecule is OC1(c2cccnc2)C2CCCC1CN(Cc1ccc(OCc3ccccc3F)cc1)C2. The molecule has 2 atom stereocenters. The standard InChI is InChI=1S/C27H29FN2O2/c28-26-9-2-1-5-21(26)19-32-25-12-10-20(11-13-25)16-30-17-23-6-3-7-24(18-30)27(23,31)22-8-4-14-29-15-22/h1-2,4-5,8-15,23-24,31H,3,6-7,16-19H2. The Morgan fingerprint density at radius 1 is 1.00 bits per heavy atom. The number of halogens is 1. The van der Waals surface area contributed by atoms with Crippen molar-refractivity contribution < 1.29 is 14.2 Å². The number of aliphatic hydroxyl groups is 1. The van der Waals surface area contributed by atoms with Crippen molar-refractivity contribution in [3.63, 3.8) is 0 Å². The summed E-state index contributed by atoms with van der Waals surface area (Å²) in [5.74, 6) is 0.939. The van der Waals surface area contributed by atoms with Gasteiger partial charge in [0.05, 0.1) is 5.60 Å². The van der Waals surface area contributed by atoms with Crippen molar-refractivity contribution in [3.05, 3.63) is 95.6 Å². The molecule has 5 heteroatoms. The summed E-state index contributed by atoms with van der Waals surface area (Å²) in [4.78, 5) is 6.73. The van der Waals surface area contributed by atoms with E-state index in [9.17, 15) is 9.50 Å². The summed E-state index contributed by atoms with van der Waals surface area (Å²) in [6.07, 6.45) is 6.87. The van der Waals surface area contributed by atoms with Crippen molar-refractivity contribution >= 4 is 0 Å². The van der Waals surface area contributed by atoms with Crippen LogP contribution in [0.1, 0.15) is 36.0 Å². The first kappa shape index (κ1) is 21.1. The largest absolute Gasteiger partial charge is 0.489 e. The lowest BCUT2D eigenvalue weighted by Crippen LogP contribution is -2.57. The van der Waals surface area contributed by atoms with Gasteiger partial charge in [0.1, 0.15) is 18.2 Å². The van der Waals surface area contributed by atoms with Crippen molar-refractivity contribution in [2.75, 3.05) is 13.1 Å². The van der Waals surface area contributed by atoms with Crippen LogP contribution in [0.4, 0.5) is 4.39 Å². The zero-order chi connectivity index (χ0) is 22.0. The monoisotopic (exact) mass is 432 g/mol. The minimum Gasteiger partial charge on any atom is -0.489 e. The minimum absolute atomic E-state index is 0.217. The zero-order valence-electron chi connectivity index (χ0n) is 18.2. The second-order valence-corrected chi connectivity index (χ2v) is 9.11. The summed E-state index contributed by atoms with van der Waals surface area (Å²) in [6.45, 7) is 2.83. The summed E-state index contributed by atoms with van der Waals surface area (Å²) in [5, 5.41) is 11.7. The smallest absolute Gasteiger partial charge is 0.129 e. The maximum atomic E-state index is 13.8. The second-order valence-electron chi connectivity index (χ2n) is 9.11. The highest BCUT2D eigenvalue weighted by Gasteiger charge is 2.51. The van der Waals surface area contributed by atoms with E-state index in [2.05, 4.69) is 22.0 Å². The van der Waals surface area contributed by atoms with Crippen molar-refractivity contribution in [2.24, 2.45) is 11.8 Å². The van der Waals surface area contributed by atoms with E-state index in [1.807, 2.05) is 36.5 Å². The van der Waals surface area contributed by atoms with Gasteiger partial charge in [-0.05, 0) is 42.7 Å². The molecule has 32 heavy (non-hydrogen) atoms. The van der Waals surface area contributed by atoms with Crippen molar-refractivity contribution in [3.8, 4) is 5.75 Å². The number of rotatable bonds is 6. The third kappa shape index (κ3) is 4.15. The molecule has 1 saturated heterocycles. The average molecular weight is 433 g/mol. The molecule has 1 aliphatic carbocycles. The number of hydrogen-bond donors (Lipinski definition) is 1. The Morgan fingerprint density at radius 3 is 2.44 bits per heavy atom. The van der Waals surface area contributed by atoms with Crippen molar-refractivity contribution in [1.82, 2.24) is 9.88 Å². The van der Waals surface area contributed by atoms with Gasteiger partial charge in [0.25, 0.3) is 0 Å². The van der Waals surface area contributed by atoms with E-state index < -0.39 is 5.60 Å². The molecule has 2 unspecified atom stereocenters. The highest BCUT2D eigenvalue weighted by molar-refractivity contribution is 5.29. The normalized spacial score (nSPS) is 25.4. The van der Waals surface area contributed by atoms with Gasteiger partial charge in [-0.2, -0.15) is 0 Å². The van der Waals surface area contributed by atoms with Crippen LogP contribution in [0.5, 0.6) is 5.75 Å². The Hall–Kier alpha value is -2.76. The molecule has 1 aromatic heterocycles. The van der Waals surface area contributed by atoms with Crippen LogP contribution in [-0.2, 0) is 18.8 Å². The van der Waals surface area contributed by atoms with E-state index in [4.69, 9.17) is 4.74 Å². The molecule has 1 saturated carbocycles. The van der Waals surface area contributed by atoms with Crippen LogP contribution in [0.15, 0.2) is 73.1 Å². The lowest BCUT2D eigenvalue weighted by Gasteiger charge is -2.53. The van der Waals surface area contributed by atoms with Gasteiger partial charge in [0.15, 0.2) is 0 Å². The Morgan fingerprint density at radius 2 is 1.75 bits per heavy atom. The zero-order valence-corrected chi connectivity index (χ0v) is 18.2. The maximum Gasteiger partial charge on any atom is 0.129 e. The third-order valence-electron chi connectivity index (χ3n) is 7.11. The van der Waals surface area contributed by atoms with E-state index in [0.717, 1.165) is 43.8 Å². The fourth-order valence-electron chi connectivity index (χ4n) is 5.47. The number of piperidine rings is 1. The number of likely N-dealkylation sites (tertiary alicyclic amines) is 1. The first-order chi connectivity index (χ1) is 15.6. The Balaban J connectivity index is 1.22. The number of pyridine rings is 1. The van der Waals surface area contributed by atoms with Gasteiger partial charge in [-0.25, -0.2) is 4.39 Å². The molecular weight excluding hydrogens is 403 g/mol. The van der Waals surface area contributed by atoms with E-state index in [-0.39, 0.29) is 24.3 Å². The summed E-state index contributed by atoms with van der Waals surface area (Å²) in [5.41, 5.74) is 1.96. The molecule has 2 fully saturated rings. The number of hydrogen-bond acceptors (Lipinski definition) is 4. The fraction of sp³-hybridized carbons (Fsp3) is 0.370. The number of nitrogens with zero attached hydrogens (tertiary/aromatic N) is 2. The molecule has 2 aliphatic rings. The molecule has 1 aliphatic heterocycles. The fourth-order valence-corrected chi connectivity index (χ4v) is 5.47. The maximum absolute atomic E-state index is 13.8. The van der Waals surface area contributed by atoms with Crippen LogP contribution < -0.4 is 4.74 Å². The molecule has 2 aromatic carbocycles. The number of fused-ring (bicyclic) bond motifs is 2. The summed E-state index contributed by atoms with van der Waals surface area (Å²) >= 11 is 0. The predicted molar refractivity (Wildman–Crippen MR) is 121 cm³/mol. The molecule has 4 nitrogen and oxygen atoms in total.